The van der Waals surface area contributed by atoms with Crippen molar-refractivity contribution >= 4 is 5.69 Å². The molecule has 6 heteroatoms. The van der Waals surface area contributed by atoms with Crippen molar-refractivity contribution in [2.45, 2.75) is 31.9 Å². The van der Waals surface area contributed by atoms with Gasteiger partial charge in [0.25, 0.3) is 0 Å². The molecule has 0 bridgehead atoms. The first-order chi connectivity index (χ1) is 8.35. The van der Waals surface area contributed by atoms with Crippen molar-refractivity contribution in [3.8, 4) is 11.8 Å². The molecule has 1 rings (SSSR count). The molecule has 96 valence electrons. The molecule has 0 heterocycles. The number of nitro groups is 1. The Morgan fingerprint density at radius 3 is 2.78 bits per heavy atom. The predicted octanol–water partition coefficient (Wildman–Crippen LogP) is 1.99. The van der Waals surface area contributed by atoms with Crippen molar-refractivity contribution in [1.82, 2.24) is 0 Å². The van der Waals surface area contributed by atoms with E-state index in [1.807, 2.05) is 6.07 Å². The van der Waals surface area contributed by atoms with Crippen LogP contribution < -0.4 is 10.5 Å². The van der Waals surface area contributed by atoms with Crippen LogP contribution in [-0.2, 0) is 0 Å². The van der Waals surface area contributed by atoms with E-state index in [0.717, 1.165) is 0 Å². The third-order valence-corrected chi connectivity index (χ3v) is 2.36. The fraction of sp³-hybridized carbons (Fsp3) is 0.417. The fourth-order valence-corrected chi connectivity index (χ4v) is 1.61. The number of nitrogens with zero attached hydrogens (tertiary/aromatic N) is 2. The molecule has 6 nitrogen and oxygen atoms in total. The topological polar surface area (TPSA) is 102 Å². The summed E-state index contributed by atoms with van der Waals surface area (Å²) in [4.78, 5) is 10.3. The van der Waals surface area contributed by atoms with Crippen molar-refractivity contribution in [3.05, 3.63) is 34.4 Å². The molecule has 0 radical (unpaired) electrons. The molecule has 0 saturated carbocycles. The van der Waals surface area contributed by atoms with E-state index in [0.29, 0.717) is 0 Å². The normalized spacial score (nSPS) is 15.2. The van der Waals surface area contributed by atoms with E-state index in [1.165, 1.54) is 12.1 Å². The van der Waals surface area contributed by atoms with Crippen LogP contribution in [0.1, 0.15) is 20.3 Å². The van der Waals surface area contributed by atoms with E-state index in [-0.39, 0.29) is 24.0 Å². The average molecular weight is 249 g/mol. The molecule has 0 spiro atoms. The summed E-state index contributed by atoms with van der Waals surface area (Å²) in [5, 5.41) is 19.6. The summed E-state index contributed by atoms with van der Waals surface area (Å²) in [7, 11) is 0. The Balaban J connectivity index is 2.80. The Morgan fingerprint density at radius 2 is 2.22 bits per heavy atom. The highest BCUT2D eigenvalue weighted by Crippen LogP contribution is 2.27. The van der Waals surface area contributed by atoms with E-state index in [1.54, 1.807) is 26.0 Å². The monoisotopic (exact) mass is 249 g/mol. The number of ether oxygens (including phenoxy) is 1. The van der Waals surface area contributed by atoms with Crippen molar-refractivity contribution < 1.29 is 9.66 Å². The summed E-state index contributed by atoms with van der Waals surface area (Å²) in [5.74, 6) is 0.184. The lowest BCUT2D eigenvalue weighted by atomic mass is 9.98. The quantitative estimate of drug-likeness (QED) is 0.635. The number of benzene rings is 1. The Kier molecular flexibility index (Phi) is 4.23. The maximum Gasteiger partial charge on any atom is 0.310 e. The van der Waals surface area contributed by atoms with E-state index in [9.17, 15) is 10.1 Å². The van der Waals surface area contributed by atoms with Gasteiger partial charge in [-0.3, -0.25) is 10.1 Å². The van der Waals surface area contributed by atoms with E-state index in [4.69, 9.17) is 15.7 Å². The van der Waals surface area contributed by atoms with E-state index < -0.39 is 10.5 Å². The third-order valence-electron chi connectivity index (χ3n) is 2.36. The average Bonchev–Trinajstić information content (AvgIpc) is 2.28. The summed E-state index contributed by atoms with van der Waals surface area (Å²) >= 11 is 0. The number of para-hydroxylation sites is 2. The highest BCUT2D eigenvalue weighted by molar-refractivity contribution is 5.45. The van der Waals surface area contributed by atoms with Gasteiger partial charge in [-0.15, -0.1) is 0 Å². The molecule has 0 amide bonds. The van der Waals surface area contributed by atoms with Crippen LogP contribution in [0.25, 0.3) is 0 Å². The zero-order valence-electron chi connectivity index (χ0n) is 10.3. The number of rotatable bonds is 5. The third kappa shape index (κ3) is 3.71. The molecule has 0 aliphatic carbocycles. The minimum Gasteiger partial charge on any atom is -0.484 e. The van der Waals surface area contributed by atoms with Crippen LogP contribution in [0, 0.1) is 21.4 Å². The molecule has 0 aliphatic heterocycles. The summed E-state index contributed by atoms with van der Waals surface area (Å²) in [6, 6.07) is 8.07. The Morgan fingerprint density at radius 1 is 1.61 bits per heavy atom. The summed E-state index contributed by atoms with van der Waals surface area (Å²) < 4.78 is 5.47. The van der Waals surface area contributed by atoms with Crippen LogP contribution >= 0.6 is 0 Å². The molecule has 0 aromatic heterocycles. The Labute approximate surface area is 105 Å². The van der Waals surface area contributed by atoms with E-state index >= 15 is 0 Å². The zero-order valence-corrected chi connectivity index (χ0v) is 10.3. The second kappa shape index (κ2) is 5.47. The van der Waals surface area contributed by atoms with Crippen LogP contribution in [-0.4, -0.2) is 16.6 Å². The second-order valence-electron chi connectivity index (χ2n) is 4.39. The number of hydrogen-bond acceptors (Lipinski definition) is 5. The highest BCUT2D eigenvalue weighted by atomic mass is 16.6. The summed E-state index contributed by atoms with van der Waals surface area (Å²) in [5.41, 5.74) is 4.59. The molecule has 1 aromatic carbocycles. The number of nitriles is 1. The second-order valence-corrected chi connectivity index (χ2v) is 4.39. The lowest BCUT2D eigenvalue weighted by molar-refractivity contribution is -0.386. The van der Waals surface area contributed by atoms with Crippen LogP contribution in [0.3, 0.4) is 0 Å². The van der Waals surface area contributed by atoms with Gasteiger partial charge in [0.1, 0.15) is 5.54 Å². The Bertz CT molecular complexity index is 480. The predicted molar refractivity (Wildman–Crippen MR) is 66.0 cm³/mol. The minimum absolute atomic E-state index is 0.0972. The van der Waals surface area contributed by atoms with Crippen LogP contribution in [0.15, 0.2) is 24.3 Å². The summed E-state index contributed by atoms with van der Waals surface area (Å²) in [6.07, 6.45) is -0.101. The van der Waals surface area contributed by atoms with Crippen LogP contribution in [0.5, 0.6) is 5.75 Å². The number of hydrogen-bond donors (Lipinski definition) is 1. The van der Waals surface area contributed by atoms with Crippen LogP contribution in [0.4, 0.5) is 5.69 Å². The number of nitrogens with two attached hydrogens (primary N) is 1. The SMILES string of the molecule is CC(CC(C)(N)C#N)Oc1ccccc1[N+](=O)[O-]. The van der Waals surface area contributed by atoms with Gasteiger partial charge in [0.15, 0.2) is 5.75 Å². The first-order valence-electron chi connectivity index (χ1n) is 5.46. The standard InChI is InChI=1S/C12H15N3O3/c1-9(7-12(2,14)8-13)18-11-6-4-3-5-10(11)15(16)17/h3-6,9H,7,14H2,1-2H3. The maximum absolute atomic E-state index is 10.8. The van der Waals surface area contributed by atoms with Gasteiger partial charge >= 0.3 is 5.69 Å². The maximum atomic E-state index is 10.8. The van der Waals surface area contributed by atoms with Crippen molar-refractivity contribution in [3.63, 3.8) is 0 Å². The molecule has 0 aliphatic rings. The van der Waals surface area contributed by atoms with E-state index in [2.05, 4.69) is 0 Å². The molecular formula is C12H15N3O3. The molecule has 2 N–H and O–H groups in total. The fourth-order valence-electron chi connectivity index (χ4n) is 1.61. The molecule has 2 atom stereocenters. The first kappa shape index (κ1) is 13.9. The van der Waals surface area contributed by atoms with Crippen LogP contribution in [0.2, 0.25) is 0 Å². The smallest absolute Gasteiger partial charge is 0.310 e. The minimum atomic E-state index is -1.01. The van der Waals surface area contributed by atoms with Gasteiger partial charge in [-0.2, -0.15) is 5.26 Å². The zero-order chi connectivity index (χ0) is 13.8. The van der Waals surface area contributed by atoms with Gasteiger partial charge in [0, 0.05) is 12.5 Å². The van der Waals surface area contributed by atoms with Gasteiger partial charge in [-0.05, 0) is 19.9 Å². The Hall–Kier alpha value is -2.13. The lowest BCUT2D eigenvalue weighted by Gasteiger charge is -2.21. The van der Waals surface area contributed by atoms with Crippen molar-refractivity contribution in [2.24, 2.45) is 5.73 Å². The lowest BCUT2D eigenvalue weighted by Crippen LogP contribution is -2.38. The van der Waals surface area contributed by atoms with Crippen molar-refractivity contribution in [2.75, 3.05) is 0 Å². The molecule has 0 saturated heterocycles. The molecular weight excluding hydrogens is 234 g/mol. The summed E-state index contributed by atoms with van der Waals surface area (Å²) in [6.45, 7) is 3.31. The molecule has 1 aromatic rings. The van der Waals surface area contributed by atoms with Gasteiger partial charge in [-0.1, -0.05) is 12.1 Å². The molecule has 2 unspecified atom stereocenters. The number of nitro benzene ring substituents is 1. The van der Waals surface area contributed by atoms with Gasteiger partial charge < -0.3 is 10.5 Å². The van der Waals surface area contributed by atoms with Gasteiger partial charge in [-0.25, -0.2) is 0 Å². The van der Waals surface area contributed by atoms with Gasteiger partial charge in [0.2, 0.25) is 0 Å². The molecule has 18 heavy (non-hydrogen) atoms. The highest BCUT2D eigenvalue weighted by Gasteiger charge is 2.24. The van der Waals surface area contributed by atoms with Crippen molar-refractivity contribution in [1.29, 1.82) is 5.26 Å². The largest absolute Gasteiger partial charge is 0.484 e. The first-order valence-corrected chi connectivity index (χ1v) is 5.46. The van der Waals surface area contributed by atoms with Gasteiger partial charge in [0.05, 0.1) is 17.1 Å². The molecule has 0 fully saturated rings.